The lowest BCUT2D eigenvalue weighted by Gasteiger charge is -2.32. The van der Waals surface area contributed by atoms with E-state index in [2.05, 4.69) is 9.97 Å². The summed E-state index contributed by atoms with van der Waals surface area (Å²) in [5.41, 5.74) is -6.38. The molecule has 2 aromatic rings. The fourth-order valence-electron chi connectivity index (χ4n) is 1.68. The van der Waals surface area contributed by atoms with E-state index < -0.39 is 23.5 Å². The van der Waals surface area contributed by atoms with Crippen molar-refractivity contribution in [3.63, 3.8) is 0 Å². The molecule has 0 spiro atoms. The number of fused-ring (bicyclic) bond motifs is 1. The summed E-state index contributed by atoms with van der Waals surface area (Å²) in [6.45, 7) is 0. The number of rotatable bonds is 1. The summed E-state index contributed by atoms with van der Waals surface area (Å²) in [6.07, 6.45) is -9.48. The van der Waals surface area contributed by atoms with Crippen molar-refractivity contribution in [2.45, 2.75) is 18.0 Å². The van der Waals surface area contributed by atoms with Crippen molar-refractivity contribution >= 4 is 11.0 Å². The van der Waals surface area contributed by atoms with Crippen molar-refractivity contribution in [1.29, 1.82) is 0 Å². The van der Waals surface area contributed by atoms with Crippen LogP contribution in [0.5, 0.6) is 0 Å². The summed E-state index contributed by atoms with van der Waals surface area (Å²) in [7, 11) is 0. The van der Waals surface area contributed by atoms with Crippen molar-refractivity contribution in [3.8, 4) is 0 Å². The van der Waals surface area contributed by atoms with Gasteiger partial charge >= 0.3 is 12.4 Å². The Hall–Kier alpha value is -1.90. The molecular formula is C11H6F6N2O. The largest absolute Gasteiger partial charge is 0.430 e. The van der Waals surface area contributed by atoms with E-state index in [0.29, 0.717) is 12.1 Å². The highest BCUT2D eigenvalue weighted by atomic mass is 19.4. The monoisotopic (exact) mass is 296 g/mol. The predicted molar refractivity (Wildman–Crippen MR) is 55.5 cm³/mol. The lowest BCUT2D eigenvalue weighted by atomic mass is 9.92. The molecule has 9 heteroatoms. The molecule has 0 aliphatic rings. The van der Waals surface area contributed by atoms with Gasteiger partial charge in [0.25, 0.3) is 5.60 Å². The van der Waals surface area contributed by atoms with Gasteiger partial charge in [-0.25, -0.2) is 0 Å². The van der Waals surface area contributed by atoms with Crippen LogP contribution in [0, 0.1) is 0 Å². The fraction of sp³-hybridized carbons (Fsp3) is 0.273. The predicted octanol–water partition coefficient (Wildman–Crippen LogP) is 2.94. The molecule has 0 unspecified atom stereocenters. The Balaban J connectivity index is 2.70. The van der Waals surface area contributed by atoms with Gasteiger partial charge in [0.15, 0.2) is 0 Å². The molecule has 0 aliphatic heterocycles. The molecule has 2 rings (SSSR count). The van der Waals surface area contributed by atoms with E-state index in [1.165, 1.54) is 6.20 Å². The molecule has 0 radical (unpaired) electrons. The van der Waals surface area contributed by atoms with Crippen LogP contribution in [0.25, 0.3) is 11.0 Å². The van der Waals surface area contributed by atoms with Crippen LogP contribution in [0.1, 0.15) is 5.56 Å². The fourth-order valence-corrected chi connectivity index (χ4v) is 1.68. The van der Waals surface area contributed by atoms with Gasteiger partial charge in [0, 0.05) is 18.0 Å². The summed E-state index contributed by atoms with van der Waals surface area (Å²) in [5, 5.41) is 9.22. The summed E-state index contributed by atoms with van der Waals surface area (Å²) >= 11 is 0. The number of alkyl halides is 6. The Morgan fingerprint density at radius 3 is 1.80 bits per heavy atom. The Morgan fingerprint density at radius 2 is 1.30 bits per heavy atom. The third-order valence-corrected chi connectivity index (χ3v) is 2.71. The van der Waals surface area contributed by atoms with Crippen molar-refractivity contribution in [1.82, 2.24) is 9.97 Å². The first-order chi connectivity index (χ1) is 9.07. The van der Waals surface area contributed by atoms with Gasteiger partial charge in [-0.1, -0.05) is 6.07 Å². The quantitative estimate of drug-likeness (QED) is 0.823. The molecule has 0 amide bonds. The smallest absolute Gasteiger partial charge is 0.369 e. The minimum atomic E-state index is -5.92. The summed E-state index contributed by atoms with van der Waals surface area (Å²) in [4.78, 5) is 7.33. The molecule has 108 valence electrons. The molecule has 1 aromatic carbocycles. The third kappa shape index (κ3) is 2.07. The highest BCUT2D eigenvalue weighted by Crippen LogP contribution is 2.50. The maximum absolute atomic E-state index is 12.7. The molecule has 1 N–H and O–H groups in total. The maximum atomic E-state index is 12.7. The molecule has 1 heterocycles. The first-order valence-electron chi connectivity index (χ1n) is 5.14. The van der Waals surface area contributed by atoms with Crippen LogP contribution in [0.4, 0.5) is 26.3 Å². The van der Waals surface area contributed by atoms with Gasteiger partial charge in [0.1, 0.15) is 0 Å². The summed E-state index contributed by atoms with van der Waals surface area (Å²) < 4.78 is 76.1. The van der Waals surface area contributed by atoms with Gasteiger partial charge < -0.3 is 5.11 Å². The first kappa shape index (κ1) is 14.5. The number of hydrogen-bond donors (Lipinski definition) is 1. The number of benzene rings is 1. The van der Waals surface area contributed by atoms with Crippen LogP contribution in [0.3, 0.4) is 0 Å². The Labute approximate surface area is 107 Å². The summed E-state index contributed by atoms with van der Waals surface area (Å²) in [5.74, 6) is 0. The second kappa shape index (κ2) is 4.30. The Bertz CT molecular complexity index is 623. The molecule has 0 saturated heterocycles. The SMILES string of the molecule is OC(c1ccc2nccnc2c1)(C(F)(F)F)C(F)(F)F. The third-order valence-electron chi connectivity index (χ3n) is 2.71. The average Bonchev–Trinajstić information content (AvgIpc) is 2.34. The average molecular weight is 296 g/mol. The zero-order chi connectivity index (χ0) is 15.2. The molecule has 3 nitrogen and oxygen atoms in total. The highest BCUT2D eigenvalue weighted by Gasteiger charge is 2.71. The first-order valence-corrected chi connectivity index (χ1v) is 5.14. The Kier molecular flexibility index (Phi) is 3.12. The van der Waals surface area contributed by atoms with E-state index in [4.69, 9.17) is 0 Å². The van der Waals surface area contributed by atoms with Crippen molar-refractivity contribution in [2.75, 3.05) is 0 Å². The lowest BCUT2D eigenvalue weighted by Crippen LogP contribution is -2.53. The zero-order valence-electron chi connectivity index (χ0n) is 9.50. The molecule has 0 aliphatic carbocycles. The van der Waals surface area contributed by atoms with Gasteiger partial charge in [-0.2, -0.15) is 26.3 Å². The second-order valence-corrected chi connectivity index (χ2v) is 3.97. The van der Waals surface area contributed by atoms with E-state index in [1.807, 2.05) is 0 Å². The Morgan fingerprint density at radius 1 is 0.800 bits per heavy atom. The van der Waals surface area contributed by atoms with Crippen molar-refractivity contribution in [2.24, 2.45) is 0 Å². The maximum Gasteiger partial charge on any atom is 0.430 e. The number of aromatic nitrogens is 2. The molecule has 0 saturated carbocycles. The van der Waals surface area contributed by atoms with Crippen LogP contribution in [0.2, 0.25) is 0 Å². The second-order valence-electron chi connectivity index (χ2n) is 3.97. The van der Waals surface area contributed by atoms with Crippen LogP contribution < -0.4 is 0 Å². The minimum Gasteiger partial charge on any atom is -0.369 e. The van der Waals surface area contributed by atoms with Gasteiger partial charge in [-0.05, 0) is 12.1 Å². The van der Waals surface area contributed by atoms with Crippen LogP contribution in [-0.2, 0) is 5.60 Å². The van der Waals surface area contributed by atoms with Crippen LogP contribution in [0.15, 0.2) is 30.6 Å². The molecule has 0 bridgehead atoms. The number of nitrogens with zero attached hydrogens (tertiary/aromatic N) is 2. The zero-order valence-corrected chi connectivity index (χ0v) is 9.50. The van der Waals surface area contributed by atoms with E-state index in [-0.39, 0.29) is 11.0 Å². The number of hydrogen-bond acceptors (Lipinski definition) is 3. The van der Waals surface area contributed by atoms with Crippen molar-refractivity contribution < 1.29 is 31.4 Å². The molecule has 0 atom stereocenters. The minimum absolute atomic E-state index is 0.114. The van der Waals surface area contributed by atoms with Crippen molar-refractivity contribution in [3.05, 3.63) is 36.2 Å². The van der Waals surface area contributed by atoms with E-state index >= 15 is 0 Å². The highest BCUT2D eigenvalue weighted by molar-refractivity contribution is 5.74. The van der Waals surface area contributed by atoms with Crippen LogP contribution >= 0.6 is 0 Å². The lowest BCUT2D eigenvalue weighted by molar-refractivity contribution is -0.376. The number of halogens is 6. The van der Waals surface area contributed by atoms with Gasteiger partial charge in [-0.15, -0.1) is 0 Å². The molecule has 20 heavy (non-hydrogen) atoms. The molecule has 0 fully saturated rings. The molecule has 1 aromatic heterocycles. The summed E-state index contributed by atoms with van der Waals surface area (Å²) in [6, 6.07) is 1.97. The van der Waals surface area contributed by atoms with Gasteiger partial charge in [-0.3, -0.25) is 9.97 Å². The van der Waals surface area contributed by atoms with E-state index in [0.717, 1.165) is 12.3 Å². The standard InChI is InChI=1S/C11H6F6N2O/c12-10(13,14)9(20,11(15,16)17)6-1-2-7-8(5-6)19-4-3-18-7/h1-5,20H. The van der Waals surface area contributed by atoms with E-state index in [9.17, 15) is 31.4 Å². The number of aliphatic hydroxyl groups is 1. The van der Waals surface area contributed by atoms with E-state index in [1.54, 1.807) is 0 Å². The van der Waals surface area contributed by atoms with Gasteiger partial charge in [0.05, 0.1) is 11.0 Å². The topological polar surface area (TPSA) is 46.0 Å². The normalized spacial score (nSPS) is 13.8. The van der Waals surface area contributed by atoms with Gasteiger partial charge in [0.2, 0.25) is 0 Å². The molecular weight excluding hydrogens is 290 g/mol. The van der Waals surface area contributed by atoms with Crippen LogP contribution in [-0.4, -0.2) is 27.4 Å².